The Hall–Kier alpha value is -2.69. The first kappa shape index (κ1) is 14.3. The number of amides is 1. The maximum absolute atomic E-state index is 13.1. The number of nitrogens with zero attached hydrogens (tertiary/aromatic N) is 2. The van der Waals surface area contributed by atoms with Crippen molar-refractivity contribution in [3.8, 4) is 5.75 Å². The molecule has 3 rings (SSSR count). The molecule has 1 aliphatic heterocycles. The van der Waals surface area contributed by atoms with Crippen LogP contribution in [0.5, 0.6) is 5.75 Å². The number of hydrogen-bond acceptors (Lipinski definition) is 3. The van der Waals surface area contributed by atoms with Crippen molar-refractivity contribution >= 4 is 11.6 Å². The second-order valence-corrected chi connectivity index (χ2v) is 5.23. The highest BCUT2D eigenvalue weighted by molar-refractivity contribution is 6.03. The first-order chi connectivity index (χ1) is 10.5. The molecule has 5 heteroatoms. The van der Waals surface area contributed by atoms with Crippen molar-refractivity contribution < 1.29 is 14.3 Å². The molecular formula is C17H15FN2O2. The molecule has 1 amide bonds. The third-order valence-electron chi connectivity index (χ3n) is 3.69. The topological polar surface area (TPSA) is 52.9 Å². The molecule has 0 aromatic heterocycles. The van der Waals surface area contributed by atoms with Crippen LogP contribution in [0.25, 0.3) is 0 Å². The maximum Gasteiger partial charge on any atom is 0.240 e. The Morgan fingerprint density at radius 1 is 1.18 bits per heavy atom. The van der Waals surface area contributed by atoms with E-state index in [1.165, 1.54) is 24.1 Å². The van der Waals surface area contributed by atoms with Gasteiger partial charge >= 0.3 is 0 Å². The number of halogens is 1. The molecule has 1 aliphatic rings. The number of rotatable bonds is 2. The molecule has 1 unspecified atom stereocenters. The van der Waals surface area contributed by atoms with Crippen molar-refractivity contribution in [2.45, 2.75) is 19.4 Å². The minimum absolute atomic E-state index is 0.164. The van der Waals surface area contributed by atoms with Gasteiger partial charge in [0.2, 0.25) is 5.91 Å². The summed E-state index contributed by atoms with van der Waals surface area (Å²) in [5.41, 5.74) is 2.47. The van der Waals surface area contributed by atoms with Crippen LogP contribution in [0.1, 0.15) is 30.5 Å². The standard InChI is InChI=1S/C17H15FN2O2/c1-11(21)20-17(13-2-6-14(18)7-3-13)10-16(19-20)12-4-8-15(22)9-5-12/h2-9,17,22H,10H2,1H3. The van der Waals surface area contributed by atoms with Crippen LogP contribution in [0.3, 0.4) is 0 Å². The Balaban J connectivity index is 1.92. The molecule has 0 radical (unpaired) electrons. The second-order valence-electron chi connectivity index (χ2n) is 5.23. The van der Waals surface area contributed by atoms with Crippen LogP contribution in [0.4, 0.5) is 4.39 Å². The van der Waals surface area contributed by atoms with Crippen LogP contribution >= 0.6 is 0 Å². The molecule has 0 saturated heterocycles. The van der Waals surface area contributed by atoms with Crippen LogP contribution in [0.15, 0.2) is 53.6 Å². The monoisotopic (exact) mass is 298 g/mol. The first-order valence-corrected chi connectivity index (χ1v) is 6.97. The molecule has 22 heavy (non-hydrogen) atoms. The second kappa shape index (κ2) is 5.60. The minimum Gasteiger partial charge on any atom is -0.508 e. The van der Waals surface area contributed by atoms with E-state index in [1.807, 2.05) is 0 Å². The molecule has 0 spiro atoms. The number of carbonyl (C=O) groups is 1. The molecule has 0 bridgehead atoms. The highest BCUT2D eigenvalue weighted by Crippen LogP contribution is 2.33. The highest BCUT2D eigenvalue weighted by atomic mass is 19.1. The third kappa shape index (κ3) is 2.70. The average molecular weight is 298 g/mol. The number of hydrogen-bond donors (Lipinski definition) is 1. The van der Waals surface area contributed by atoms with Crippen molar-refractivity contribution in [1.82, 2.24) is 5.01 Å². The normalized spacial score (nSPS) is 17.5. The molecule has 0 saturated carbocycles. The zero-order valence-electron chi connectivity index (χ0n) is 12.0. The molecule has 2 aromatic rings. The van der Waals surface area contributed by atoms with Crippen molar-refractivity contribution in [2.75, 3.05) is 0 Å². The van der Waals surface area contributed by atoms with E-state index in [0.29, 0.717) is 6.42 Å². The number of phenolic OH excluding ortho intramolecular Hbond substituents is 1. The summed E-state index contributed by atoms with van der Waals surface area (Å²) in [6, 6.07) is 12.6. The summed E-state index contributed by atoms with van der Waals surface area (Å²) in [5, 5.41) is 15.2. The molecular weight excluding hydrogens is 283 g/mol. The van der Waals surface area contributed by atoms with Gasteiger partial charge in [0.15, 0.2) is 0 Å². The average Bonchev–Trinajstić information content (AvgIpc) is 2.94. The zero-order valence-corrected chi connectivity index (χ0v) is 12.0. The summed E-state index contributed by atoms with van der Waals surface area (Å²) in [6.07, 6.45) is 0.552. The van der Waals surface area contributed by atoms with Gasteiger partial charge < -0.3 is 5.11 Å². The molecule has 0 fully saturated rings. The summed E-state index contributed by atoms with van der Waals surface area (Å²) in [6.45, 7) is 1.46. The van der Waals surface area contributed by atoms with Crippen LogP contribution in [0, 0.1) is 5.82 Å². The fourth-order valence-electron chi connectivity index (χ4n) is 2.57. The van der Waals surface area contributed by atoms with Gasteiger partial charge in [-0.25, -0.2) is 9.40 Å². The van der Waals surface area contributed by atoms with Gasteiger partial charge in [0.05, 0.1) is 11.8 Å². The Kier molecular flexibility index (Phi) is 3.63. The van der Waals surface area contributed by atoms with E-state index in [-0.39, 0.29) is 23.5 Å². The highest BCUT2D eigenvalue weighted by Gasteiger charge is 2.31. The SMILES string of the molecule is CC(=O)N1N=C(c2ccc(O)cc2)CC1c1ccc(F)cc1. The maximum atomic E-state index is 13.1. The van der Waals surface area contributed by atoms with Gasteiger partial charge in [-0.15, -0.1) is 0 Å². The third-order valence-corrected chi connectivity index (χ3v) is 3.69. The van der Waals surface area contributed by atoms with Crippen LogP contribution in [-0.4, -0.2) is 21.7 Å². The van der Waals surface area contributed by atoms with Crippen molar-refractivity contribution in [3.63, 3.8) is 0 Å². The number of hydrazone groups is 1. The molecule has 1 atom stereocenters. The van der Waals surface area contributed by atoms with E-state index >= 15 is 0 Å². The molecule has 1 N–H and O–H groups in total. The lowest BCUT2D eigenvalue weighted by molar-refractivity contribution is -0.130. The molecule has 1 heterocycles. The Morgan fingerprint density at radius 3 is 2.41 bits per heavy atom. The van der Waals surface area contributed by atoms with Crippen LogP contribution in [-0.2, 0) is 4.79 Å². The predicted molar refractivity (Wildman–Crippen MR) is 80.9 cm³/mol. The Labute approximate surface area is 127 Å². The quantitative estimate of drug-likeness (QED) is 0.925. The van der Waals surface area contributed by atoms with Crippen molar-refractivity contribution in [2.24, 2.45) is 5.10 Å². The largest absolute Gasteiger partial charge is 0.508 e. The summed E-state index contributed by atoms with van der Waals surface area (Å²) in [5.74, 6) is -0.292. The van der Waals surface area contributed by atoms with Gasteiger partial charge in [-0.1, -0.05) is 12.1 Å². The fraction of sp³-hybridized carbons (Fsp3) is 0.176. The van der Waals surface area contributed by atoms with Gasteiger partial charge in [0, 0.05) is 13.3 Å². The van der Waals surface area contributed by atoms with Gasteiger partial charge in [0.25, 0.3) is 0 Å². The van der Waals surface area contributed by atoms with E-state index in [0.717, 1.165) is 16.8 Å². The molecule has 0 aliphatic carbocycles. The van der Waals surface area contributed by atoms with Gasteiger partial charge in [0.1, 0.15) is 11.6 Å². The van der Waals surface area contributed by atoms with Crippen molar-refractivity contribution in [1.29, 1.82) is 0 Å². The summed E-state index contributed by atoms with van der Waals surface area (Å²) >= 11 is 0. The van der Waals surface area contributed by atoms with Gasteiger partial charge in [-0.2, -0.15) is 5.10 Å². The van der Waals surface area contributed by atoms with Gasteiger partial charge in [-0.05, 0) is 47.5 Å². The number of benzene rings is 2. The lowest BCUT2D eigenvalue weighted by Crippen LogP contribution is -2.24. The van der Waals surface area contributed by atoms with Crippen LogP contribution < -0.4 is 0 Å². The number of aromatic hydroxyl groups is 1. The van der Waals surface area contributed by atoms with E-state index in [9.17, 15) is 14.3 Å². The van der Waals surface area contributed by atoms with E-state index in [1.54, 1.807) is 36.4 Å². The zero-order chi connectivity index (χ0) is 15.7. The van der Waals surface area contributed by atoms with E-state index in [4.69, 9.17) is 0 Å². The van der Waals surface area contributed by atoms with E-state index < -0.39 is 0 Å². The molecule has 4 nitrogen and oxygen atoms in total. The summed E-state index contributed by atoms with van der Waals surface area (Å²) in [4.78, 5) is 11.8. The number of phenols is 1. The first-order valence-electron chi connectivity index (χ1n) is 6.97. The minimum atomic E-state index is -0.309. The summed E-state index contributed by atoms with van der Waals surface area (Å²) < 4.78 is 13.1. The Bertz CT molecular complexity index is 723. The molecule has 112 valence electrons. The van der Waals surface area contributed by atoms with Crippen LogP contribution in [0.2, 0.25) is 0 Å². The smallest absolute Gasteiger partial charge is 0.240 e. The summed E-state index contributed by atoms with van der Waals surface area (Å²) in [7, 11) is 0. The molecule has 2 aromatic carbocycles. The lowest BCUT2D eigenvalue weighted by atomic mass is 9.98. The predicted octanol–water partition coefficient (Wildman–Crippen LogP) is 3.23. The lowest BCUT2D eigenvalue weighted by Gasteiger charge is -2.20. The van der Waals surface area contributed by atoms with Gasteiger partial charge in [-0.3, -0.25) is 4.79 Å². The number of carbonyl (C=O) groups excluding carboxylic acids is 1. The van der Waals surface area contributed by atoms with Crippen molar-refractivity contribution in [3.05, 3.63) is 65.5 Å². The fourth-order valence-corrected chi connectivity index (χ4v) is 2.57. The van der Waals surface area contributed by atoms with E-state index in [2.05, 4.69) is 5.10 Å². The Morgan fingerprint density at radius 2 is 1.82 bits per heavy atom.